The second kappa shape index (κ2) is 15.0. The lowest BCUT2D eigenvalue weighted by Crippen LogP contribution is -2.46. The van der Waals surface area contributed by atoms with Crippen LogP contribution >= 0.6 is 0 Å². The molecule has 1 aromatic carbocycles. The Labute approximate surface area is 185 Å². The molecule has 1 unspecified atom stereocenters. The number of carbonyl (C=O) groups excluding carboxylic acids is 2. The zero-order valence-electron chi connectivity index (χ0n) is 19.0. The molecule has 0 aliphatic carbocycles. The van der Waals surface area contributed by atoms with Crippen LogP contribution in [0.4, 0.5) is 18.9 Å². The summed E-state index contributed by atoms with van der Waals surface area (Å²) in [5.41, 5.74) is 0.379. The third-order valence-electron chi connectivity index (χ3n) is 5.64. The summed E-state index contributed by atoms with van der Waals surface area (Å²) in [6.45, 7) is 3.86. The van der Waals surface area contributed by atoms with Crippen molar-refractivity contribution in [3.63, 3.8) is 0 Å². The van der Waals surface area contributed by atoms with Gasteiger partial charge in [0.1, 0.15) is 0 Å². The van der Waals surface area contributed by atoms with Gasteiger partial charge in [-0.05, 0) is 37.6 Å². The molecule has 175 valence electrons. The average molecular weight is 441 g/mol. The van der Waals surface area contributed by atoms with E-state index in [1.807, 2.05) is 0 Å². The van der Waals surface area contributed by atoms with E-state index in [0.717, 1.165) is 30.6 Å². The van der Waals surface area contributed by atoms with Crippen molar-refractivity contribution < 1.29 is 22.8 Å². The molecule has 0 aliphatic rings. The van der Waals surface area contributed by atoms with Crippen molar-refractivity contribution in [2.75, 3.05) is 4.90 Å². The van der Waals surface area contributed by atoms with Gasteiger partial charge in [-0.15, -0.1) is 0 Å². The summed E-state index contributed by atoms with van der Waals surface area (Å²) in [5, 5.41) is 0. The van der Waals surface area contributed by atoms with Crippen LogP contribution in [-0.4, -0.2) is 24.4 Å². The summed E-state index contributed by atoms with van der Waals surface area (Å²) in [6, 6.07) is 4.89. The number of rotatable bonds is 16. The first-order valence-electron chi connectivity index (χ1n) is 11.7. The number of benzene rings is 1. The number of carbonyl (C=O) groups is 1. The first kappa shape index (κ1) is 27.2. The largest absolute Gasteiger partial charge is 0.471 e. The highest BCUT2D eigenvalue weighted by molar-refractivity contribution is 5.98. The van der Waals surface area contributed by atoms with Gasteiger partial charge in [0.25, 0.3) is 0 Å². The van der Waals surface area contributed by atoms with Crippen LogP contribution in [0.3, 0.4) is 0 Å². The second-order valence-electron chi connectivity index (χ2n) is 8.35. The second-order valence-corrected chi connectivity index (χ2v) is 8.35. The Bertz CT molecular complexity index is 629. The van der Waals surface area contributed by atoms with Crippen molar-refractivity contribution >= 4 is 17.9 Å². The minimum absolute atomic E-state index is 0.146. The van der Waals surface area contributed by atoms with Gasteiger partial charge in [0.2, 0.25) is 6.29 Å². The minimum Gasteiger partial charge on any atom is -0.302 e. The number of halogens is 3. The molecule has 1 rings (SSSR count). The van der Waals surface area contributed by atoms with Gasteiger partial charge < -0.3 is 4.90 Å². The molecule has 1 radical (unpaired) electrons. The fourth-order valence-corrected chi connectivity index (χ4v) is 3.81. The Morgan fingerprint density at radius 2 is 1.32 bits per heavy atom. The Morgan fingerprint density at radius 3 is 1.74 bits per heavy atom. The van der Waals surface area contributed by atoms with Gasteiger partial charge in [-0.2, -0.15) is 13.2 Å². The molecule has 0 saturated carbocycles. The van der Waals surface area contributed by atoms with E-state index < -0.39 is 18.1 Å². The number of amides is 1. The van der Waals surface area contributed by atoms with Gasteiger partial charge >= 0.3 is 12.1 Å². The van der Waals surface area contributed by atoms with Gasteiger partial charge in [-0.3, -0.25) is 9.59 Å². The summed E-state index contributed by atoms with van der Waals surface area (Å²) in [7, 11) is 0. The molecule has 0 N–H and O–H groups in total. The van der Waals surface area contributed by atoms with Crippen LogP contribution in [-0.2, 0) is 9.59 Å². The number of alkyl halides is 3. The SMILES string of the molecule is CCCCCCCCCCCCCCC(C)N(C(=O)C(F)(F)F)c1ccc([C]=O)cc1. The first-order chi connectivity index (χ1) is 14.8. The molecule has 0 bridgehead atoms. The van der Waals surface area contributed by atoms with Crippen LogP contribution in [0.15, 0.2) is 24.3 Å². The van der Waals surface area contributed by atoms with Crippen LogP contribution in [0.5, 0.6) is 0 Å². The lowest BCUT2D eigenvalue weighted by Gasteiger charge is -2.30. The topological polar surface area (TPSA) is 37.4 Å². The Kier molecular flexibility index (Phi) is 13.2. The van der Waals surface area contributed by atoms with Crippen LogP contribution in [0, 0.1) is 0 Å². The number of unbranched alkanes of at least 4 members (excludes halogenated alkanes) is 11. The maximum absolute atomic E-state index is 13.1. The molecule has 0 aromatic heterocycles. The molecule has 0 saturated heterocycles. The molecule has 6 heteroatoms. The van der Waals surface area contributed by atoms with E-state index in [4.69, 9.17) is 0 Å². The highest BCUT2D eigenvalue weighted by atomic mass is 19.4. The minimum atomic E-state index is -4.94. The Morgan fingerprint density at radius 1 is 0.871 bits per heavy atom. The normalized spacial score (nSPS) is 12.5. The van der Waals surface area contributed by atoms with Crippen LogP contribution in [0.25, 0.3) is 0 Å². The van der Waals surface area contributed by atoms with E-state index in [-0.39, 0.29) is 11.3 Å². The van der Waals surface area contributed by atoms with Crippen LogP contribution in [0.1, 0.15) is 103 Å². The van der Waals surface area contributed by atoms with Gasteiger partial charge in [0.15, 0.2) is 0 Å². The van der Waals surface area contributed by atoms with Crippen molar-refractivity contribution in [3.05, 3.63) is 29.8 Å². The summed E-state index contributed by atoms with van der Waals surface area (Å²) in [4.78, 5) is 23.5. The molecule has 1 atom stereocenters. The smallest absolute Gasteiger partial charge is 0.302 e. The number of hydrogen-bond donors (Lipinski definition) is 0. The zero-order chi connectivity index (χ0) is 23.1. The van der Waals surface area contributed by atoms with Crippen molar-refractivity contribution in [1.29, 1.82) is 0 Å². The van der Waals surface area contributed by atoms with Crippen molar-refractivity contribution in [1.82, 2.24) is 0 Å². The molecule has 0 heterocycles. The fraction of sp³-hybridized carbons (Fsp3) is 0.680. The average Bonchev–Trinajstić information content (AvgIpc) is 2.74. The Hall–Kier alpha value is -1.85. The van der Waals surface area contributed by atoms with Crippen molar-refractivity contribution in [2.45, 2.75) is 110 Å². The Balaban J connectivity index is 2.38. The van der Waals surface area contributed by atoms with Gasteiger partial charge in [-0.1, -0.05) is 84.0 Å². The number of nitrogens with zero attached hydrogens (tertiary/aromatic N) is 1. The quantitative estimate of drug-likeness (QED) is 0.249. The van der Waals surface area contributed by atoms with Gasteiger partial charge in [0.05, 0.1) is 0 Å². The number of anilines is 1. The molecular weight excluding hydrogens is 403 g/mol. The van der Waals surface area contributed by atoms with E-state index >= 15 is 0 Å². The summed E-state index contributed by atoms with van der Waals surface area (Å²) in [5.74, 6) is -1.87. The lowest BCUT2D eigenvalue weighted by atomic mass is 10.0. The standard InChI is InChI=1S/C25H37F3NO2/c1-3-4-5-6-7-8-9-10-11-12-13-14-15-21(2)29(24(31)25(26,27)28)23-18-16-22(20-30)17-19-23/h16-19,21H,3-15H2,1-2H3. The summed E-state index contributed by atoms with van der Waals surface area (Å²) >= 11 is 0. The van der Waals surface area contributed by atoms with Crippen LogP contribution < -0.4 is 4.90 Å². The highest BCUT2D eigenvalue weighted by Crippen LogP contribution is 2.27. The summed E-state index contributed by atoms with van der Waals surface area (Å²) < 4.78 is 39.3. The molecule has 1 amide bonds. The molecule has 0 spiro atoms. The van der Waals surface area contributed by atoms with E-state index in [1.54, 1.807) is 13.2 Å². The predicted octanol–water partition coefficient (Wildman–Crippen LogP) is 7.52. The van der Waals surface area contributed by atoms with Gasteiger partial charge in [-0.25, -0.2) is 0 Å². The third-order valence-corrected chi connectivity index (χ3v) is 5.64. The predicted molar refractivity (Wildman–Crippen MR) is 120 cm³/mol. The fourth-order valence-electron chi connectivity index (χ4n) is 3.81. The summed E-state index contributed by atoms with van der Waals surface area (Å²) in [6.07, 6.45) is 11.5. The molecule has 0 fully saturated rings. The maximum Gasteiger partial charge on any atom is 0.471 e. The van der Waals surface area contributed by atoms with Crippen molar-refractivity contribution in [3.8, 4) is 0 Å². The zero-order valence-corrected chi connectivity index (χ0v) is 19.0. The first-order valence-corrected chi connectivity index (χ1v) is 11.7. The third kappa shape index (κ3) is 10.8. The molecule has 1 aromatic rings. The maximum atomic E-state index is 13.1. The van der Waals surface area contributed by atoms with Gasteiger partial charge in [0, 0.05) is 17.3 Å². The molecular formula is C25H37F3NO2. The van der Waals surface area contributed by atoms with E-state index in [9.17, 15) is 22.8 Å². The molecule has 3 nitrogen and oxygen atoms in total. The lowest BCUT2D eigenvalue weighted by molar-refractivity contribution is -0.171. The number of hydrogen-bond acceptors (Lipinski definition) is 2. The monoisotopic (exact) mass is 440 g/mol. The molecule has 31 heavy (non-hydrogen) atoms. The van der Waals surface area contributed by atoms with Crippen LogP contribution in [0.2, 0.25) is 0 Å². The highest BCUT2D eigenvalue weighted by Gasteiger charge is 2.44. The van der Waals surface area contributed by atoms with E-state index in [0.29, 0.717) is 6.42 Å². The van der Waals surface area contributed by atoms with Crippen molar-refractivity contribution in [2.24, 2.45) is 0 Å². The van der Waals surface area contributed by atoms with E-state index in [2.05, 4.69) is 6.92 Å². The van der Waals surface area contributed by atoms with E-state index in [1.165, 1.54) is 75.6 Å². The molecule has 0 aliphatic heterocycles.